The zero-order valence-corrected chi connectivity index (χ0v) is 17.3. The van der Waals surface area contributed by atoms with Crippen LogP contribution in [0.1, 0.15) is 12.0 Å². The Morgan fingerprint density at radius 1 is 1.17 bits per heavy atom. The van der Waals surface area contributed by atoms with Gasteiger partial charge >= 0.3 is 5.63 Å². The highest BCUT2D eigenvalue weighted by atomic mass is 32.2. The number of fused-ring (bicyclic) bond motifs is 1. The second kappa shape index (κ2) is 8.63. The SMILES string of the molecule is Cc1ccc(SCCC(=O)Nc2nc(-c3cc4ccccc4oc3=O)cs2)cc1. The number of rotatable bonds is 6. The van der Waals surface area contributed by atoms with Gasteiger partial charge in [0.05, 0.1) is 11.3 Å². The molecule has 1 N–H and O–H groups in total. The molecule has 0 fully saturated rings. The molecule has 0 aliphatic heterocycles. The number of hydrogen-bond donors (Lipinski definition) is 1. The molecule has 4 rings (SSSR count). The van der Waals surface area contributed by atoms with Crippen molar-refractivity contribution in [3.05, 3.63) is 76.0 Å². The standard InChI is InChI=1S/C22H18N2O3S2/c1-14-6-8-16(9-7-14)28-11-10-20(25)24-22-23-18(13-29-22)17-12-15-4-2-3-5-19(15)27-21(17)26/h2-9,12-13H,10-11H2,1H3,(H,23,24,25). The Morgan fingerprint density at radius 3 is 2.79 bits per heavy atom. The first-order chi connectivity index (χ1) is 14.1. The van der Waals surface area contributed by atoms with E-state index >= 15 is 0 Å². The lowest BCUT2D eigenvalue weighted by Gasteiger charge is -2.03. The molecule has 1 amide bonds. The predicted octanol–water partition coefficient (Wildman–Crippen LogP) is 5.35. The van der Waals surface area contributed by atoms with Gasteiger partial charge in [0, 0.05) is 27.8 Å². The molecule has 0 atom stereocenters. The van der Waals surface area contributed by atoms with Crippen LogP contribution in [0.25, 0.3) is 22.2 Å². The molecule has 7 heteroatoms. The maximum atomic E-state index is 12.3. The Balaban J connectivity index is 1.39. The van der Waals surface area contributed by atoms with Crippen LogP contribution in [0.2, 0.25) is 0 Å². The smallest absolute Gasteiger partial charge is 0.345 e. The zero-order valence-electron chi connectivity index (χ0n) is 15.7. The highest BCUT2D eigenvalue weighted by Crippen LogP contribution is 2.25. The number of anilines is 1. The van der Waals surface area contributed by atoms with E-state index in [1.807, 2.05) is 25.1 Å². The van der Waals surface area contributed by atoms with Crippen LogP contribution in [-0.4, -0.2) is 16.6 Å². The van der Waals surface area contributed by atoms with Crippen molar-refractivity contribution in [3.8, 4) is 11.3 Å². The molecule has 29 heavy (non-hydrogen) atoms. The number of para-hydroxylation sites is 1. The van der Waals surface area contributed by atoms with E-state index < -0.39 is 5.63 Å². The van der Waals surface area contributed by atoms with E-state index in [4.69, 9.17) is 4.42 Å². The summed E-state index contributed by atoms with van der Waals surface area (Å²) in [6, 6.07) is 17.3. The van der Waals surface area contributed by atoms with E-state index in [1.54, 1.807) is 29.3 Å². The van der Waals surface area contributed by atoms with Crippen LogP contribution in [0.5, 0.6) is 0 Å². The van der Waals surface area contributed by atoms with Gasteiger partial charge in [-0.15, -0.1) is 23.1 Å². The minimum atomic E-state index is -0.443. The van der Waals surface area contributed by atoms with Gasteiger partial charge in [-0.1, -0.05) is 35.9 Å². The van der Waals surface area contributed by atoms with Gasteiger partial charge in [0.15, 0.2) is 5.13 Å². The average molecular weight is 423 g/mol. The van der Waals surface area contributed by atoms with Gasteiger partial charge < -0.3 is 9.73 Å². The summed E-state index contributed by atoms with van der Waals surface area (Å²) < 4.78 is 5.36. The number of nitrogens with zero attached hydrogens (tertiary/aromatic N) is 1. The van der Waals surface area contributed by atoms with Crippen molar-refractivity contribution in [2.45, 2.75) is 18.2 Å². The van der Waals surface area contributed by atoms with Crippen molar-refractivity contribution in [3.63, 3.8) is 0 Å². The average Bonchev–Trinajstić information content (AvgIpc) is 3.17. The lowest BCUT2D eigenvalue weighted by molar-refractivity contribution is -0.115. The first kappa shape index (κ1) is 19.4. The molecule has 0 saturated carbocycles. The Hall–Kier alpha value is -2.90. The summed E-state index contributed by atoms with van der Waals surface area (Å²) in [6.07, 6.45) is 0.381. The Morgan fingerprint density at radius 2 is 1.97 bits per heavy atom. The van der Waals surface area contributed by atoms with E-state index in [0.29, 0.717) is 34.1 Å². The highest BCUT2D eigenvalue weighted by Gasteiger charge is 2.13. The van der Waals surface area contributed by atoms with E-state index in [1.165, 1.54) is 16.9 Å². The second-order valence-corrected chi connectivity index (χ2v) is 8.51. The molecule has 0 spiro atoms. The van der Waals surface area contributed by atoms with Crippen molar-refractivity contribution in [2.24, 2.45) is 0 Å². The fourth-order valence-electron chi connectivity index (χ4n) is 2.77. The quantitative estimate of drug-likeness (QED) is 0.335. The summed E-state index contributed by atoms with van der Waals surface area (Å²) >= 11 is 2.93. The summed E-state index contributed by atoms with van der Waals surface area (Å²) in [6.45, 7) is 2.05. The number of amides is 1. The van der Waals surface area contributed by atoms with Crippen molar-refractivity contribution < 1.29 is 9.21 Å². The molecule has 146 valence electrons. The number of aromatic nitrogens is 1. The molecule has 0 bridgehead atoms. The highest BCUT2D eigenvalue weighted by molar-refractivity contribution is 7.99. The van der Waals surface area contributed by atoms with Crippen molar-refractivity contribution in [2.75, 3.05) is 11.1 Å². The molecule has 0 aliphatic carbocycles. The van der Waals surface area contributed by atoms with Crippen LogP contribution in [0.15, 0.2) is 74.1 Å². The van der Waals surface area contributed by atoms with Crippen LogP contribution in [-0.2, 0) is 4.79 Å². The maximum absolute atomic E-state index is 12.3. The summed E-state index contributed by atoms with van der Waals surface area (Å²) in [4.78, 5) is 30.0. The molecule has 0 aliphatic rings. The molecule has 0 saturated heterocycles. The number of thioether (sulfide) groups is 1. The third kappa shape index (κ3) is 4.75. The molecule has 4 aromatic rings. The lowest BCUT2D eigenvalue weighted by atomic mass is 10.1. The Labute approximate surface area is 175 Å². The van der Waals surface area contributed by atoms with Gasteiger partial charge in [0.1, 0.15) is 5.58 Å². The fraction of sp³-hybridized carbons (Fsp3) is 0.136. The minimum absolute atomic E-state index is 0.101. The molecule has 0 unspecified atom stereocenters. The summed E-state index contributed by atoms with van der Waals surface area (Å²) in [5, 5.41) is 5.85. The van der Waals surface area contributed by atoms with Crippen LogP contribution in [0.3, 0.4) is 0 Å². The van der Waals surface area contributed by atoms with E-state index in [2.05, 4.69) is 34.6 Å². The second-order valence-electron chi connectivity index (χ2n) is 6.48. The zero-order chi connectivity index (χ0) is 20.2. The number of carbonyl (C=O) groups excluding carboxylic acids is 1. The third-order valence-electron chi connectivity index (χ3n) is 4.29. The van der Waals surface area contributed by atoms with Crippen molar-refractivity contribution >= 4 is 45.1 Å². The van der Waals surface area contributed by atoms with Crippen molar-refractivity contribution in [1.29, 1.82) is 0 Å². The molecule has 2 aromatic heterocycles. The monoisotopic (exact) mass is 422 g/mol. The van der Waals surface area contributed by atoms with Gasteiger partial charge in [-0.2, -0.15) is 0 Å². The van der Waals surface area contributed by atoms with E-state index in [0.717, 1.165) is 10.3 Å². The van der Waals surface area contributed by atoms with Crippen LogP contribution < -0.4 is 10.9 Å². The van der Waals surface area contributed by atoms with Gasteiger partial charge in [-0.05, 0) is 31.2 Å². The van der Waals surface area contributed by atoms with Gasteiger partial charge in [-0.25, -0.2) is 9.78 Å². The van der Waals surface area contributed by atoms with E-state index in [-0.39, 0.29) is 5.91 Å². The van der Waals surface area contributed by atoms with Crippen LogP contribution in [0, 0.1) is 6.92 Å². The van der Waals surface area contributed by atoms with Gasteiger partial charge in [-0.3, -0.25) is 4.79 Å². The predicted molar refractivity (Wildman–Crippen MR) is 119 cm³/mol. The number of thiazole rings is 1. The van der Waals surface area contributed by atoms with Gasteiger partial charge in [0.25, 0.3) is 0 Å². The Bertz CT molecular complexity index is 1210. The first-order valence-electron chi connectivity index (χ1n) is 9.06. The molecular formula is C22H18N2O3S2. The normalized spacial score (nSPS) is 10.9. The summed E-state index contributed by atoms with van der Waals surface area (Å²) in [5.74, 6) is 0.581. The molecule has 5 nitrogen and oxygen atoms in total. The molecule has 0 radical (unpaired) electrons. The number of nitrogens with one attached hydrogen (secondary N) is 1. The summed E-state index contributed by atoms with van der Waals surface area (Å²) in [5.41, 5.74) is 2.19. The number of benzene rings is 2. The van der Waals surface area contributed by atoms with Crippen molar-refractivity contribution in [1.82, 2.24) is 4.98 Å². The van der Waals surface area contributed by atoms with Gasteiger partial charge in [0.2, 0.25) is 5.91 Å². The van der Waals surface area contributed by atoms with Crippen LogP contribution >= 0.6 is 23.1 Å². The number of hydrogen-bond acceptors (Lipinski definition) is 6. The van der Waals surface area contributed by atoms with E-state index in [9.17, 15) is 9.59 Å². The molecular weight excluding hydrogens is 404 g/mol. The first-order valence-corrected chi connectivity index (χ1v) is 10.9. The third-order valence-corrected chi connectivity index (χ3v) is 6.06. The van der Waals surface area contributed by atoms with Crippen LogP contribution in [0.4, 0.5) is 5.13 Å². The lowest BCUT2D eigenvalue weighted by Crippen LogP contribution is -2.12. The Kier molecular flexibility index (Phi) is 5.78. The molecule has 2 heterocycles. The fourth-order valence-corrected chi connectivity index (χ4v) is 4.35. The summed E-state index contributed by atoms with van der Waals surface area (Å²) in [7, 11) is 0. The molecule has 2 aromatic carbocycles. The maximum Gasteiger partial charge on any atom is 0.345 e. The topological polar surface area (TPSA) is 72.2 Å². The number of aryl methyl sites for hydroxylation is 1. The minimum Gasteiger partial charge on any atom is -0.422 e. The number of carbonyl (C=O) groups is 1. The largest absolute Gasteiger partial charge is 0.422 e.